The van der Waals surface area contributed by atoms with Gasteiger partial charge in [-0.05, 0) is 43.3 Å². The lowest BCUT2D eigenvalue weighted by Crippen LogP contribution is -2.00. The number of carbonyl (C=O) groups is 1. The van der Waals surface area contributed by atoms with Crippen molar-refractivity contribution < 1.29 is 19.0 Å². The molecule has 2 aromatic rings. The van der Waals surface area contributed by atoms with Crippen LogP contribution < -0.4 is 4.74 Å². The zero-order chi connectivity index (χ0) is 14.7. The van der Waals surface area contributed by atoms with Crippen LogP contribution in [0.2, 0.25) is 5.02 Å². The zero-order valence-corrected chi connectivity index (χ0v) is 11.4. The maximum Gasteiger partial charge on any atom is 0.336 e. The maximum atomic E-state index is 13.4. The molecule has 3 nitrogen and oxygen atoms in total. The van der Waals surface area contributed by atoms with Crippen molar-refractivity contribution in [3.05, 3.63) is 52.8 Å². The first kappa shape index (κ1) is 14.3. The number of aromatic carboxylic acids is 1. The highest BCUT2D eigenvalue weighted by atomic mass is 35.5. The van der Waals surface area contributed by atoms with Crippen LogP contribution in [0.5, 0.6) is 5.75 Å². The second-order valence-electron chi connectivity index (χ2n) is 4.07. The molecule has 0 heterocycles. The normalized spacial score (nSPS) is 10.3. The van der Waals surface area contributed by atoms with E-state index in [1.165, 1.54) is 6.07 Å². The number of halogens is 2. The third-order valence-corrected chi connectivity index (χ3v) is 3.07. The molecule has 104 valence electrons. The molecule has 0 saturated carbocycles. The van der Waals surface area contributed by atoms with Gasteiger partial charge in [-0.1, -0.05) is 11.6 Å². The van der Waals surface area contributed by atoms with Crippen LogP contribution in [0.1, 0.15) is 17.3 Å². The molecule has 0 aliphatic rings. The Labute approximate surface area is 120 Å². The van der Waals surface area contributed by atoms with E-state index in [1.54, 1.807) is 18.2 Å². The van der Waals surface area contributed by atoms with Crippen molar-refractivity contribution in [3.63, 3.8) is 0 Å². The second-order valence-corrected chi connectivity index (χ2v) is 4.48. The number of ether oxygens (including phenoxy) is 1. The molecule has 2 aromatic carbocycles. The molecular formula is C15H12ClFO3. The summed E-state index contributed by atoms with van der Waals surface area (Å²) in [5.74, 6) is -1.07. The van der Waals surface area contributed by atoms with Gasteiger partial charge in [-0.2, -0.15) is 0 Å². The van der Waals surface area contributed by atoms with Crippen LogP contribution in [0.3, 0.4) is 0 Å². The minimum Gasteiger partial charge on any atom is -0.494 e. The van der Waals surface area contributed by atoms with Crippen molar-refractivity contribution in [2.75, 3.05) is 6.61 Å². The summed E-state index contributed by atoms with van der Waals surface area (Å²) in [6.07, 6.45) is 0. The quantitative estimate of drug-likeness (QED) is 0.917. The molecule has 0 saturated heterocycles. The molecule has 0 spiro atoms. The molecule has 0 aliphatic heterocycles. The van der Waals surface area contributed by atoms with Gasteiger partial charge in [0.25, 0.3) is 0 Å². The molecule has 0 radical (unpaired) electrons. The summed E-state index contributed by atoms with van der Waals surface area (Å²) in [5, 5.41) is 9.47. The Hall–Kier alpha value is -2.07. The van der Waals surface area contributed by atoms with Gasteiger partial charge >= 0.3 is 5.97 Å². The molecule has 0 aromatic heterocycles. The average molecular weight is 295 g/mol. The third-order valence-electron chi connectivity index (χ3n) is 2.75. The summed E-state index contributed by atoms with van der Waals surface area (Å²) < 4.78 is 18.7. The van der Waals surface area contributed by atoms with E-state index < -0.39 is 11.8 Å². The van der Waals surface area contributed by atoms with Crippen LogP contribution in [-0.4, -0.2) is 17.7 Å². The summed E-state index contributed by atoms with van der Waals surface area (Å²) in [5.41, 5.74) is 0.690. The predicted molar refractivity (Wildman–Crippen MR) is 75.0 cm³/mol. The van der Waals surface area contributed by atoms with Crippen molar-refractivity contribution in [2.45, 2.75) is 6.92 Å². The van der Waals surface area contributed by atoms with Crippen molar-refractivity contribution >= 4 is 17.6 Å². The van der Waals surface area contributed by atoms with E-state index in [2.05, 4.69) is 0 Å². The fraction of sp³-hybridized carbons (Fsp3) is 0.133. The monoisotopic (exact) mass is 294 g/mol. The lowest BCUT2D eigenvalue weighted by Gasteiger charge is -2.10. The highest BCUT2D eigenvalue weighted by Gasteiger charge is 2.15. The Bertz CT molecular complexity index is 656. The summed E-state index contributed by atoms with van der Waals surface area (Å²) in [4.78, 5) is 11.2. The van der Waals surface area contributed by atoms with E-state index in [0.717, 1.165) is 12.1 Å². The molecule has 0 amide bonds. The first-order valence-corrected chi connectivity index (χ1v) is 6.36. The molecule has 20 heavy (non-hydrogen) atoms. The van der Waals surface area contributed by atoms with Gasteiger partial charge in [0.05, 0.1) is 17.2 Å². The molecule has 0 aliphatic carbocycles. The van der Waals surface area contributed by atoms with Gasteiger partial charge in [-0.25, -0.2) is 9.18 Å². The van der Waals surface area contributed by atoms with Crippen molar-refractivity contribution in [1.29, 1.82) is 0 Å². The number of hydrogen-bond acceptors (Lipinski definition) is 2. The summed E-state index contributed by atoms with van der Waals surface area (Å²) in [6.45, 7) is 2.34. The minimum absolute atomic E-state index is 0.00235. The minimum atomic E-state index is -1.13. The van der Waals surface area contributed by atoms with Crippen molar-refractivity contribution in [2.24, 2.45) is 0 Å². The fourth-order valence-electron chi connectivity index (χ4n) is 1.90. The second kappa shape index (κ2) is 5.92. The van der Waals surface area contributed by atoms with Gasteiger partial charge in [0, 0.05) is 11.1 Å². The molecule has 0 fully saturated rings. The average Bonchev–Trinajstić information content (AvgIpc) is 2.38. The molecule has 5 heteroatoms. The number of carboxylic acids is 1. The van der Waals surface area contributed by atoms with E-state index in [-0.39, 0.29) is 11.1 Å². The van der Waals surface area contributed by atoms with Crippen molar-refractivity contribution in [3.8, 4) is 16.9 Å². The lowest BCUT2D eigenvalue weighted by atomic mass is 9.99. The molecule has 0 unspecified atom stereocenters. The van der Waals surface area contributed by atoms with Gasteiger partial charge in [0.1, 0.15) is 11.6 Å². The Balaban J connectivity index is 2.56. The standard InChI is InChI=1S/C15H12ClFO3/c1-2-20-10-4-6-11(14(16)8-10)13-7-9(17)3-5-12(13)15(18)19/h3-8H,2H2,1H3,(H,18,19). The number of hydrogen-bond donors (Lipinski definition) is 1. The molecule has 0 bridgehead atoms. The third kappa shape index (κ3) is 2.91. The van der Waals surface area contributed by atoms with E-state index >= 15 is 0 Å². The fourth-order valence-corrected chi connectivity index (χ4v) is 2.17. The van der Waals surface area contributed by atoms with E-state index in [4.69, 9.17) is 21.4 Å². The number of benzene rings is 2. The van der Waals surface area contributed by atoms with Gasteiger partial charge in [-0.3, -0.25) is 0 Å². The summed E-state index contributed by atoms with van der Waals surface area (Å²) in [7, 11) is 0. The predicted octanol–water partition coefficient (Wildman–Crippen LogP) is 4.24. The summed E-state index contributed by atoms with van der Waals surface area (Å²) in [6, 6.07) is 8.35. The van der Waals surface area contributed by atoms with Crippen LogP contribution in [0.4, 0.5) is 4.39 Å². The van der Waals surface area contributed by atoms with Gasteiger partial charge in [-0.15, -0.1) is 0 Å². The highest BCUT2D eigenvalue weighted by molar-refractivity contribution is 6.33. The highest BCUT2D eigenvalue weighted by Crippen LogP contribution is 2.33. The zero-order valence-electron chi connectivity index (χ0n) is 10.7. The molecule has 2 rings (SSSR count). The van der Waals surface area contributed by atoms with Crippen LogP contribution in [0, 0.1) is 5.82 Å². The van der Waals surface area contributed by atoms with E-state index in [1.807, 2.05) is 6.92 Å². The molecule has 0 atom stereocenters. The molecular weight excluding hydrogens is 283 g/mol. The lowest BCUT2D eigenvalue weighted by molar-refractivity contribution is 0.0697. The summed E-state index contributed by atoms with van der Waals surface area (Å²) >= 11 is 6.13. The van der Waals surface area contributed by atoms with Gasteiger partial charge in [0.15, 0.2) is 0 Å². The topological polar surface area (TPSA) is 46.5 Å². The Kier molecular flexibility index (Phi) is 4.25. The van der Waals surface area contributed by atoms with E-state index in [0.29, 0.717) is 22.9 Å². The van der Waals surface area contributed by atoms with Crippen LogP contribution in [0.15, 0.2) is 36.4 Å². The maximum absolute atomic E-state index is 13.4. The van der Waals surface area contributed by atoms with Crippen LogP contribution in [0.25, 0.3) is 11.1 Å². The smallest absolute Gasteiger partial charge is 0.336 e. The first-order chi connectivity index (χ1) is 9.52. The Morgan fingerprint density at radius 3 is 2.60 bits per heavy atom. The number of rotatable bonds is 4. The van der Waals surface area contributed by atoms with Crippen LogP contribution in [-0.2, 0) is 0 Å². The largest absolute Gasteiger partial charge is 0.494 e. The van der Waals surface area contributed by atoms with Gasteiger partial charge in [0.2, 0.25) is 0 Å². The van der Waals surface area contributed by atoms with Crippen molar-refractivity contribution in [1.82, 2.24) is 0 Å². The SMILES string of the molecule is CCOc1ccc(-c2cc(F)ccc2C(=O)O)c(Cl)c1. The first-order valence-electron chi connectivity index (χ1n) is 5.98. The molecule has 1 N–H and O–H groups in total. The Morgan fingerprint density at radius 1 is 1.25 bits per heavy atom. The van der Waals surface area contributed by atoms with Gasteiger partial charge < -0.3 is 9.84 Å². The van der Waals surface area contributed by atoms with E-state index in [9.17, 15) is 9.18 Å². The van der Waals surface area contributed by atoms with Crippen LogP contribution >= 0.6 is 11.6 Å². The Morgan fingerprint density at radius 2 is 2.00 bits per heavy atom. The number of carboxylic acid groups (broad SMARTS) is 1.